The highest BCUT2D eigenvalue weighted by atomic mass is 79.9. The summed E-state index contributed by atoms with van der Waals surface area (Å²) in [7, 11) is 0. The van der Waals surface area contributed by atoms with E-state index >= 15 is 0 Å². The van der Waals surface area contributed by atoms with Gasteiger partial charge in [0.2, 0.25) is 0 Å². The topological polar surface area (TPSA) is 22.4 Å². The van der Waals surface area contributed by atoms with Crippen LogP contribution in [0.25, 0.3) is 0 Å². The first-order chi connectivity index (χ1) is 5.18. The molecule has 3 heteroatoms. The summed E-state index contributed by atoms with van der Waals surface area (Å²) in [4.78, 5) is 0. The Morgan fingerprint density at radius 1 is 1.64 bits per heavy atom. The highest BCUT2D eigenvalue weighted by Gasteiger charge is 1.99. The van der Waals surface area contributed by atoms with Crippen LogP contribution in [0.15, 0.2) is 21.4 Å². The molecule has 0 radical (unpaired) electrons. The minimum absolute atomic E-state index is 0.267. The molecule has 0 aliphatic carbocycles. The number of hydrogen-bond acceptors (Lipinski definition) is 2. The van der Waals surface area contributed by atoms with E-state index in [0.29, 0.717) is 6.61 Å². The minimum Gasteiger partial charge on any atom is -0.457 e. The van der Waals surface area contributed by atoms with Gasteiger partial charge in [0.05, 0.1) is 19.0 Å². The smallest absolute Gasteiger partial charge is 0.169 e. The molecule has 0 atom stereocenters. The molecule has 0 spiro atoms. The summed E-state index contributed by atoms with van der Waals surface area (Å²) in [5.41, 5.74) is 1.06. The second kappa shape index (κ2) is 3.93. The van der Waals surface area contributed by atoms with E-state index in [0.717, 1.165) is 10.2 Å². The van der Waals surface area contributed by atoms with Gasteiger partial charge in [-0.25, -0.2) is 0 Å². The molecule has 0 N–H and O–H groups in total. The van der Waals surface area contributed by atoms with Gasteiger partial charge in [-0.1, -0.05) is 0 Å². The lowest BCUT2D eigenvalue weighted by molar-refractivity contribution is 0.0654. The maximum Gasteiger partial charge on any atom is 0.169 e. The predicted octanol–water partition coefficient (Wildman–Crippen LogP) is 2.97. The van der Waals surface area contributed by atoms with Gasteiger partial charge in [-0.3, -0.25) is 0 Å². The van der Waals surface area contributed by atoms with E-state index in [4.69, 9.17) is 9.15 Å². The minimum atomic E-state index is 0.267. The van der Waals surface area contributed by atoms with Crippen molar-refractivity contribution < 1.29 is 9.15 Å². The molecule has 0 bridgehead atoms. The molecule has 0 aromatic carbocycles. The lowest BCUT2D eigenvalue weighted by Gasteiger charge is -2.03. The second-order valence-electron chi connectivity index (χ2n) is 2.62. The third-order valence-electron chi connectivity index (χ3n) is 1.21. The molecule has 0 unspecified atom stereocenters. The van der Waals surface area contributed by atoms with Gasteiger partial charge < -0.3 is 9.15 Å². The normalized spacial score (nSPS) is 10.9. The Hall–Kier alpha value is -0.280. The number of rotatable bonds is 3. The van der Waals surface area contributed by atoms with Crippen LogP contribution in [0.4, 0.5) is 0 Å². The van der Waals surface area contributed by atoms with Crippen LogP contribution in [-0.2, 0) is 11.3 Å². The van der Waals surface area contributed by atoms with Crippen molar-refractivity contribution in [2.24, 2.45) is 0 Å². The Labute approximate surface area is 74.7 Å². The molecule has 1 rings (SSSR count). The number of ether oxygens (including phenoxy) is 1. The van der Waals surface area contributed by atoms with Crippen molar-refractivity contribution in [1.82, 2.24) is 0 Å². The fraction of sp³-hybridized carbons (Fsp3) is 0.500. The quantitative estimate of drug-likeness (QED) is 0.779. The van der Waals surface area contributed by atoms with Crippen molar-refractivity contribution in [3.05, 3.63) is 22.6 Å². The Kier molecular flexibility index (Phi) is 3.15. The molecule has 0 saturated heterocycles. The summed E-state index contributed by atoms with van der Waals surface area (Å²) in [6, 6.07) is 1.91. The molecule has 1 aromatic heterocycles. The first-order valence-electron chi connectivity index (χ1n) is 3.53. The largest absolute Gasteiger partial charge is 0.457 e. The zero-order valence-electron chi connectivity index (χ0n) is 6.63. The zero-order chi connectivity index (χ0) is 8.27. The molecule has 0 aliphatic rings. The van der Waals surface area contributed by atoms with Crippen molar-refractivity contribution in [3.63, 3.8) is 0 Å². The first kappa shape index (κ1) is 8.81. The van der Waals surface area contributed by atoms with E-state index in [9.17, 15) is 0 Å². The third kappa shape index (κ3) is 3.08. The molecular formula is C8H11BrO2. The Morgan fingerprint density at radius 2 is 2.36 bits per heavy atom. The van der Waals surface area contributed by atoms with E-state index in [1.807, 2.05) is 19.9 Å². The van der Waals surface area contributed by atoms with Gasteiger partial charge in [0.1, 0.15) is 0 Å². The van der Waals surface area contributed by atoms with Crippen LogP contribution >= 0.6 is 15.9 Å². The highest BCUT2D eigenvalue weighted by Crippen LogP contribution is 2.14. The summed E-state index contributed by atoms with van der Waals surface area (Å²) in [5.74, 6) is 0. The van der Waals surface area contributed by atoms with Gasteiger partial charge in [0, 0.05) is 5.56 Å². The number of hydrogen-bond donors (Lipinski definition) is 0. The predicted molar refractivity (Wildman–Crippen MR) is 46.3 cm³/mol. The van der Waals surface area contributed by atoms with Crippen LogP contribution in [0.3, 0.4) is 0 Å². The highest BCUT2D eigenvalue weighted by molar-refractivity contribution is 9.10. The van der Waals surface area contributed by atoms with Crippen molar-refractivity contribution in [2.45, 2.75) is 26.6 Å². The summed E-state index contributed by atoms with van der Waals surface area (Å²) in [6.07, 6.45) is 1.95. The fourth-order valence-electron chi connectivity index (χ4n) is 0.684. The van der Waals surface area contributed by atoms with E-state index in [1.54, 1.807) is 6.26 Å². The molecule has 0 fully saturated rings. The Morgan fingerprint density at radius 3 is 2.82 bits per heavy atom. The second-order valence-corrected chi connectivity index (χ2v) is 3.40. The van der Waals surface area contributed by atoms with Crippen molar-refractivity contribution in [1.29, 1.82) is 0 Å². The van der Waals surface area contributed by atoms with Crippen LogP contribution in [0, 0.1) is 0 Å². The molecule has 2 nitrogen and oxygen atoms in total. The lowest BCUT2D eigenvalue weighted by Crippen LogP contribution is -2.01. The van der Waals surface area contributed by atoms with E-state index < -0.39 is 0 Å². The molecule has 0 saturated carbocycles. The number of furan rings is 1. The molecule has 62 valence electrons. The van der Waals surface area contributed by atoms with Gasteiger partial charge in [-0.15, -0.1) is 0 Å². The van der Waals surface area contributed by atoms with E-state index in [-0.39, 0.29) is 6.10 Å². The molecule has 0 aliphatic heterocycles. The lowest BCUT2D eigenvalue weighted by atomic mass is 10.3. The number of halogens is 1. The van der Waals surface area contributed by atoms with Gasteiger partial charge in [0.15, 0.2) is 4.67 Å². The third-order valence-corrected chi connectivity index (χ3v) is 1.62. The van der Waals surface area contributed by atoms with Crippen molar-refractivity contribution in [3.8, 4) is 0 Å². The van der Waals surface area contributed by atoms with Gasteiger partial charge in [-0.2, -0.15) is 0 Å². The monoisotopic (exact) mass is 218 g/mol. The standard InChI is InChI=1S/C8H11BrO2/c1-6(2)10-4-7-3-8(9)11-5-7/h3,5-6H,4H2,1-2H3. The average molecular weight is 219 g/mol. The van der Waals surface area contributed by atoms with Gasteiger partial charge >= 0.3 is 0 Å². The first-order valence-corrected chi connectivity index (χ1v) is 4.32. The fourth-order valence-corrected chi connectivity index (χ4v) is 1.07. The Bertz CT molecular complexity index is 218. The van der Waals surface area contributed by atoms with Crippen molar-refractivity contribution in [2.75, 3.05) is 0 Å². The molecule has 0 amide bonds. The molecular weight excluding hydrogens is 208 g/mol. The van der Waals surface area contributed by atoms with Crippen LogP contribution < -0.4 is 0 Å². The van der Waals surface area contributed by atoms with Gasteiger partial charge in [-0.05, 0) is 35.8 Å². The SMILES string of the molecule is CC(C)OCc1coc(Br)c1. The van der Waals surface area contributed by atoms with Crippen LogP contribution in [0.5, 0.6) is 0 Å². The molecule has 1 aromatic rings. The summed E-state index contributed by atoms with van der Waals surface area (Å²) < 4.78 is 11.1. The summed E-state index contributed by atoms with van der Waals surface area (Å²) in [6.45, 7) is 4.64. The van der Waals surface area contributed by atoms with E-state index in [1.165, 1.54) is 0 Å². The summed E-state index contributed by atoms with van der Waals surface area (Å²) in [5, 5.41) is 0. The van der Waals surface area contributed by atoms with Crippen LogP contribution in [0.1, 0.15) is 19.4 Å². The van der Waals surface area contributed by atoms with Gasteiger partial charge in [0.25, 0.3) is 0 Å². The van der Waals surface area contributed by atoms with E-state index in [2.05, 4.69) is 15.9 Å². The van der Waals surface area contributed by atoms with Crippen LogP contribution in [-0.4, -0.2) is 6.10 Å². The maximum atomic E-state index is 5.36. The maximum absolute atomic E-state index is 5.36. The van der Waals surface area contributed by atoms with Crippen molar-refractivity contribution >= 4 is 15.9 Å². The Balaban J connectivity index is 2.39. The summed E-state index contributed by atoms with van der Waals surface area (Å²) >= 11 is 3.22. The molecule has 1 heterocycles. The zero-order valence-corrected chi connectivity index (χ0v) is 8.22. The van der Waals surface area contributed by atoms with Crippen LogP contribution in [0.2, 0.25) is 0 Å². The average Bonchev–Trinajstić information content (AvgIpc) is 2.31. The molecule has 11 heavy (non-hydrogen) atoms.